The number of imide groups is 1. The van der Waals surface area contributed by atoms with Crippen LogP contribution in [0.5, 0.6) is 5.75 Å². The first-order valence-electron chi connectivity index (χ1n) is 4.96. The third kappa shape index (κ3) is 1.86. The predicted octanol–water partition coefficient (Wildman–Crippen LogP) is 2.08. The summed E-state index contributed by atoms with van der Waals surface area (Å²) in [6.45, 7) is 1.59. The van der Waals surface area contributed by atoms with E-state index >= 15 is 0 Å². The average Bonchev–Trinajstić information content (AvgIpc) is 2.48. The van der Waals surface area contributed by atoms with Gasteiger partial charge in [-0.05, 0) is 6.07 Å². The molecule has 1 heterocycles. The van der Waals surface area contributed by atoms with Gasteiger partial charge in [-0.15, -0.1) is 0 Å². The molecule has 0 bridgehead atoms. The van der Waals surface area contributed by atoms with Crippen molar-refractivity contribution in [1.29, 1.82) is 0 Å². The third-order valence-electron chi connectivity index (χ3n) is 2.63. The molecule has 0 saturated carbocycles. The molecular formula is C11H9ClFNO3. The first kappa shape index (κ1) is 11.9. The number of halogens is 2. The summed E-state index contributed by atoms with van der Waals surface area (Å²) in [4.78, 5) is 24.0. The molecule has 0 spiro atoms. The zero-order chi connectivity index (χ0) is 12.7. The van der Waals surface area contributed by atoms with Gasteiger partial charge in [0.25, 0.3) is 0 Å². The molecule has 0 aromatic heterocycles. The number of rotatable bonds is 1. The van der Waals surface area contributed by atoms with Crippen molar-refractivity contribution in [1.82, 2.24) is 0 Å². The second-order valence-electron chi connectivity index (χ2n) is 3.93. The van der Waals surface area contributed by atoms with Gasteiger partial charge in [-0.1, -0.05) is 18.5 Å². The van der Waals surface area contributed by atoms with Crippen molar-refractivity contribution < 1.29 is 19.1 Å². The minimum atomic E-state index is -0.816. The first-order valence-corrected chi connectivity index (χ1v) is 5.34. The van der Waals surface area contributed by atoms with E-state index in [-0.39, 0.29) is 22.9 Å². The van der Waals surface area contributed by atoms with Crippen LogP contribution in [0.15, 0.2) is 12.1 Å². The molecule has 2 rings (SSSR count). The van der Waals surface area contributed by atoms with E-state index in [0.29, 0.717) is 0 Å². The van der Waals surface area contributed by atoms with Crippen LogP contribution in [-0.2, 0) is 9.59 Å². The van der Waals surface area contributed by atoms with Crippen molar-refractivity contribution in [2.24, 2.45) is 5.92 Å². The Bertz CT molecular complexity index is 518. The number of carbonyl (C=O) groups is 2. The molecule has 90 valence electrons. The summed E-state index contributed by atoms with van der Waals surface area (Å²) in [5.74, 6) is -2.62. The number of carbonyl (C=O) groups excluding carboxylic acids is 2. The fraction of sp³-hybridized carbons (Fsp3) is 0.273. The number of amides is 2. The Morgan fingerprint density at radius 1 is 1.47 bits per heavy atom. The predicted molar refractivity (Wildman–Crippen MR) is 59.3 cm³/mol. The molecule has 1 aliphatic rings. The Kier molecular flexibility index (Phi) is 2.79. The number of anilines is 1. The number of hydrogen-bond donors (Lipinski definition) is 1. The molecule has 1 atom stereocenters. The highest BCUT2D eigenvalue weighted by atomic mass is 35.5. The summed E-state index contributed by atoms with van der Waals surface area (Å²) in [6.07, 6.45) is 0.0433. The fourth-order valence-corrected chi connectivity index (χ4v) is 1.89. The Balaban J connectivity index is 2.51. The minimum Gasteiger partial charge on any atom is -0.506 e. The molecule has 17 heavy (non-hydrogen) atoms. The average molecular weight is 258 g/mol. The van der Waals surface area contributed by atoms with E-state index < -0.39 is 23.5 Å². The molecule has 0 aliphatic carbocycles. The molecule has 1 aromatic carbocycles. The number of benzene rings is 1. The summed E-state index contributed by atoms with van der Waals surface area (Å²) in [7, 11) is 0. The van der Waals surface area contributed by atoms with Gasteiger partial charge in [0.05, 0.1) is 10.7 Å². The van der Waals surface area contributed by atoms with Crippen molar-refractivity contribution in [3.63, 3.8) is 0 Å². The van der Waals surface area contributed by atoms with Gasteiger partial charge < -0.3 is 5.11 Å². The maximum atomic E-state index is 13.6. The molecule has 1 saturated heterocycles. The molecule has 1 unspecified atom stereocenters. The zero-order valence-corrected chi connectivity index (χ0v) is 9.66. The Hall–Kier alpha value is -1.62. The van der Waals surface area contributed by atoms with E-state index in [1.54, 1.807) is 6.92 Å². The molecule has 1 aliphatic heterocycles. The van der Waals surface area contributed by atoms with Crippen LogP contribution in [0.1, 0.15) is 13.3 Å². The van der Waals surface area contributed by atoms with Crippen LogP contribution in [0.4, 0.5) is 10.1 Å². The van der Waals surface area contributed by atoms with Crippen LogP contribution in [0.2, 0.25) is 5.02 Å². The number of nitrogens with zero attached hydrogens (tertiary/aromatic N) is 1. The van der Waals surface area contributed by atoms with E-state index in [0.717, 1.165) is 17.0 Å². The third-order valence-corrected chi connectivity index (χ3v) is 2.93. The van der Waals surface area contributed by atoms with Gasteiger partial charge in [-0.3, -0.25) is 9.59 Å². The molecule has 2 amide bonds. The smallest absolute Gasteiger partial charge is 0.237 e. The largest absolute Gasteiger partial charge is 0.506 e. The highest BCUT2D eigenvalue weighted by Gasteiger charge is 2.38. The molecule has 1 fully saturated rings. The summed E-state index contributed by atoms with van der Waals surface area (Å²) in [6, 6.07) is 1.85. The Morgan fingerprint density at radius 2 is 2.12 bits per heavy atom. The van der Waals surface area contributed by atoms with E-state index in [1.807, 2.05) is 0 Å². The summed E-state index contributed by atoms with van der Waals surface area (Å²) < 4.78 is 13.6. The molecule has 1 N–H and O–H groups in total. The quantitative estimate of drug-likeness (QED) is 0.784. The zero-order valence-electron chi connectivity index (χ0n) is 8.91. The standard InChI is InChI=1S/C11H9ClFNO3/c1-5-2-10(16)14(11(5)17)8-4-9(15)6(12)3-7(8)13/h3-5,15H,2H2,1H3. The number of hydrogen-bond acceptors (Lipinski definition) is 3. The van der Waals surface area contributed by atoms with Crippen LogP contribution in [0.25, 0.3) is 0 Å². The van der Waals surface area contributed by atoms with Gasteiger partial charge in [0.1, 0.15) is 11.6 Å². The van der Waals surface area contributed by atoms with Gasteiger partial charge in [0.15, 0.2) is 0 Å². The monoisotopic (exact) mass is 257 g/mol. The summed E-state index contributed by atoms with van der Waals surface area (Å²) in [5.41, 5.74) is -0.258. The molecule has 6 heteroatoms. The van der Waals surface area contributed by atoms with Gasteiger partial charge in [0, 0.05) is 18.4 Å². The second kappa shape index (κ2) is 4.00. The maximum Gasteiger partial charge on any atom is 0.237 e. The number of phenolic OH excluding ortho intramolecular Hbond substituents is 1. The van der Waals surface area contributed by atoms with E-state index in [4.69, 9.17) is 11.6 Å². The normalized spacial score (nSPS) is 20.2. The lowest BCUT2D eigenvalue weighted by atomic mass is 10.1. The van der Waals surface area contributed by atoms with Crippen molar-refractivity contribution in [3.8, 4) is 5.75 Å². The topological polar surface area (TPSA) is 57.6 Å². The van der Waals surface area contributed by atoms with Gasteiger partial charge in [-0.2, -0.15) is 0 Å². The number of phenols is 1. The van der Waals surface area contributed by atoms with Crippen molar-refractivity contribution in [2.75, 3.05) is 4.90 Å². The minimum absolute atomic E-state index is 0.0433. The van der Waals surface area contributed by atoms with Gasteiger partial charge in [-0.25, -0.2) is 9.29 Å². The summed E-state index contributed by atoms with van der Waals surface area (Å²) in [5, 5.41) is 9.21. The number of aromatic hydroxyl groups is 1. The van der Waals surface area contributed by atoms with Crippen LogP contribution in [0.3, 0.4) is 0 Å². The molecule has 4 nitrogen and oxygen atoms in total. The van der Waals surface area contributed by atoms with Crippen LogP contribution in [-0.4, -0.2) is 16.9 Å². The highest BCUT2D eigenvalue weighted by molar-refractivity contribution is 6.32. The lowest BCUT2D eigenvalue weighted by Gasteiger charge is -2.15. The molecule has 1 aromatic rings. The summed E-state index contributed by atoms with van der Waals surface area (Å²) >= 11 is 5.52. The van der Waals surface area contributed by atoms with Crippen LogP contribution < -0.4 is 4.90 Å². The first-order chi connectivity index (χ1) is 7.91. The lowest BCUT2D eigenvalue weighted by Crippen LogP contribution is -2.30. The molecule has 0 radical (unpaired) electrons. The van der Waals surface area contributed by atoms with Gasteiger partial charge in [0.2, 0.25) is 11.8 Å². The van der Waals surface area contributed by atoms with E-state index in [9.17, 15) is 19.1 Å². The Labute approximate surface area is 102 Å². The van der Waals surface area contributed by atoms with Crippen molar-refractivity contribution >= 4 is 29.1 Å². The maximum absolute atomic E-state index is 13.6. The highest BCUT2D eigenvalue weighted by Crippen LogP contribution is 2.34. The van der Waals surface area contributed by atoms with Gasteiger partial charge >= 0.3 is 0 Å². The Morgan fingerprint density at radius 3 is 2.65 bits per heavy atom. The van der Waals surface area contributed by atoms with Crippen LogP contribution >= 0.6 is 11.6 Å². The fourth-order valence-electron chi connectivity index (χ4n) is 1.73. The van der Waals surface area contributed by atoms with Crippen LogP contribution in [0, 0.1) is 11.7 Å². The van der Waals surface area contributed by atoms with Crippen molar-refractivity contribution in [3.05, 3.63) is 23.0 Å². The SMILES string of the molecule is CC1CC(=O)N(c2cc(O)c(Cl)cc2F)C1=O. The van der Waals surface area contributed by atoms with Crippen molar-refractivity contribution in [2.45, 2.75) is 13.3 Å². The van der Waals surface area contributed by atoms with E-state index in [1.165, 1.54) is 0 Å². The second-order valence-corrected chi connectivity index (χ2v) is 4.33. The van der Waals surface area contributed by atoms with E-state index in [2.05, 4.69) is 0 Å². The molecular weight excluding hydrogens is 249 g/mol. The lowest BCUT2D eigenvalue weighted by molar-refractivity contribution is -0.122.